The first-order valence-electron chi connectivity index (χ1n) is 5.30. The predicted molar refractivity (Wildman–Crippen MR) is 53.6 cm³/mol. The maximum absolute atomic E-state index is 10.3. The lowest BCUT2D eigenvalue weighted by Gasteiger charge is -2.28. The quantitative estimate of drug-likeness (QED) is 0.689. The molecule has 2 nitrogen and oxygen atoms in total. The molecule has 0 aliphatic heterocycles. The number of ether oxygens (including phenoxy) is 1. The molecule has 0 saturated heterocycles. The molecule has 0 radical (unpaired) electrons. The summed E-state index contributed by atoms with van der Waals surface area (Å²) in [6.45, 7) is 4.89. The van der Waals surface area contributed by atoms with E-state index in [9.17, 15) is 5.11 Å². The maximum Gasteiger partial charge on any atom is 0.0908 e. The van der Waals surface area contributed by atoms with Gasteiger partial charge in [0.2, 0.25) is 0 Å². The molecule has 1 rings (SSSR count). The lowest BCUT2D eigenvalue weighted by molar-refractivity contribution is -0.0567. The van der Waals surface area contributed by atoms with Gasteiger partial charge in [-0.15, -0.1) is 0 Å². The van der Waals surface area contributed by atoms with Gasteiger partial charge >= 0.3 is 0 Å². The highest BCUT2D eigenvalue weighted by Gasteiger charge is 2.43. The largest absolute Gasteiger partial charge is 0.387 e. The van der Waals surface area contributed by atoms with E-state index in [0.717, 1.165) is 12.8 Å². The summed E-state index contributed by atoms with van der Waals surface area (Å²) in [5, 5.41) is 10.3. The fourth-order valence-electron chi connectivity index (χ4n) is 1.80. The highest BCUT2D eigenvalue weighted by molar-refractivity contribution is 4.94. The van der Waals surface area contributed by atoms with Crippen LogP contribution in [-0.2, 0) is 4.74 Å². The second-order valence-electron chi connectivity index (χ2n) is 4.74. The van der Waals surface area contributed by atoms with Crippen LogP contribution >= 0.6 is 0 Å². The molecule has 1 N–H and O–H groups in total. The van der Waals surface area contributed by atoms with Crippen LogP contribution in [0.3, 0.4) is 0 Å². The zero-order chi connectivity index (χ0) is 9.90. The third-order valence-corrected chi connectivity index (χ3v) is 2.89. The van der Waals surface area contributed by atoms with Gasteiger partial charge in [0, 0.05) is 7.11 Å². The van der Waals surface area contributed by atoms with Crippen LogP contribution in [0.4, 0.5) is 0 Å². The Bertz CT molecular complexity index is 152. The van der Waals surface area contributed by atoms with Crippen molar-refractivity contribution in [3.05, 3.63) is 0 Å². The maximum atomic E-state index is 10.3. The Balaban J connectivity index is 2.36. The molecule has 1 aliphatic carbocycles. The van der Waals surface area contributed by atoms with Crippen LogP contribution in [0.25, 0.3) is 0 Å². The molecule has 1 aliphatic rings. The van der Waals surface area contributed by atoms with Crippen molar-refractivity contribution < 1.29 is 9.84 Å². The first-order chi connectivity index (χ1) is 6.08. The SMILES string of the molecule is COCC(O)(CCC(C)C)C1CC1. The average Bonchev–Trinajstić information content (AvgIpc) is 2.83. The summed E-state index contributed by atoms with van der Waals surface area (Å²) in [4.78, 5) is 0. The van der Waals surface area contributed by atoms with E-state index >= 15 is 0 Å². The molecule has 0 spiro atoms. The van der Waals surface area contributed by atoms with Gasteiger partial charge in [0.1, 0.15) is 0 Å². The molecule has 13 heavy (non-hydrogen) atoms. The topological polar surface area (TPSA) is 29.5 Å². The number of rotatable bonds is 6. The van der Waals surface area contributed by atoms with Crippen molar-refractivity contribution in [3.63, 3.8) is 0 Å². The van der Waals surface area contributed by atoms with Gasteiger partial charge in [-0.1, -0.05) is 13.8 Å². The second kappa shape index (κ2) is 4.43. The normalized spacial score (nSPS) is 21.9. The average molecular weight is 186 g/mol. The Hall–Kier alpha value is -0.0800. The van der Waals surface area contributed by atoms with Crippen molar-refractivity contribution >= 4 is 0 Å². The van der Waals surface area contributed by atoms with Crippen LogP contribution in [-0.4, -0.2) is 24.4 Å². The standard InChI is InChI=1S/C11H22O2/c1-9(2)6-7-11(12,8-13-3)10-4-5-10/h9-10,12H,4-8H2,1-3H3. The summed E-state index contributed by atoms with van der Waals surface area (Å²) < 4.78 is 5.09. The molecule has 1 atom stereocenters. The van der Waals surface area contributed by atoms with Crippen LogP contribution in [0.15, 0.2) is 0 Å². The lowest BCUT2D eigenvalue weighted by atomic mass is 9.90. The summed E-state index contributed by atoms with van der Waals surface area (Å²) in [5.41, 5.74) is -0.529. The van der Waals surface area contributed by atoms with Crippen molar-refractivity contribution in [2.75, 3.05) is 13.7 Å². The van der Waals surface area contributed by atoms with E-state index in [2.05, 4.69) is 13.8 Å². The molecule has 0 bridgehead atoms. The molecule has 1 fully saturated rings. The van der Waals surface area contributed by atoms with Crippen LogP contribution in [0, 0.1) is 11.8 Å². The Morgan fingerprint density at radius 2 is 2.08 bits per heavy atom. The number of hydrogen-bond acceptors (Lipinski definition) is 2. The minimum Gasteiger partial charge on any atom is -0.387 e. The minimum atomic E-state index is -0.529. The molecule has 0 aromatic carbocycles. The van der Waals surface area contributed by atoms with E-state index in [1.165, 1.54) is 12.8 Å². The summed E-state index contributed by atoms with van der Waals surface area (Å²) in [5.74, 6) is 1.17. The third-order valence-electron chi connectivity index (χ3n) is 2.89. The van der Waals surface area contributed by atoms with Gasteiger partial charge in [-0.2, -0.15) is 0 Å². The van der Waals surface area contributed by atoms with Crippen molar-refractivity contribution in [2.45, 2.75) is 45.1 Å². The minimum absolute atomic E-state index is 0.504. The summed E-state index contributed by atoms with van der Waals surface area (Å²) in [7, 11) is 1.67. The van der Waals surface area contributed by atoms with Crippen molar-refractivity contribution in [2.24, 2.45) is 11.8 Å². The first-order valence-corrected chi connectivity index (χ1v) is 5.30. The molecule has 1 unspecified atom stereocenters. The first kappa shape index (κ1) is 11.0. The Kier molecular flexibility index (Phi) is 3.74. The number of methoxy groups -OCH3 is 1. The summed E-state index contributed by atoms with van der Waals surface area (Å²) in [6, 6.07) is 0. The molecular weight excluding hydrogens is 164 g/mol. The predicted octanol–water partition coefficient (Wildman–Crippen LogP) is 2.21. The van der Waals surface area contributed by atoms with Gasteiger partial charge in [0.25, 0.3) is 0 Å². The lowest BCUT2D eigenvalue weighted by Crippen LogP contribution is -2.37. The van der Waals surface area contributed by atoms with Crippen LogP contribution < -0.4 is 0 Å². The van der Waals surface area contributed by atoms with E-state index in [1.807, 2.05) is 0 Å². The zero-order valence-electron chi connectivity index (χ0n) is 9.05. The molecule has 0 aromatic rings. The van der Waals surface area contributed by atoms with E-state index in [1.54, 1.807) is 7.11 Å². The monoisotopic (exact) mass is 186 g/mol. The van der Waals surface area contributed by atoms with Gasteiger partial charge in [0.15, 0.2) is 0 Å². The van der Waals surface area contributed by atoms with E-state index in [0.29, 0.717) is 18.4 Å². The van der Waals surface area contributed by atoms with Crippen molar-refractivity contribution in [3.8, 4) is 0 Å². The van der Waals surface area contributed by atoms with E-state index < -0.39 is 5.60 Å². The van der Waals surface area contributed by atoms with Crippen molar-refractivity contribution in [1.82, 2.24) is 0 Å². The van der Waals surface area contributed by atoms with E-state index in [4.69, 9.17) is 4.74 Å². The van der Waals surface area contributed by atoms with Crippen LogP contribution in [0.1, 0.15) is 39.5 Å². The van der Waals surface area contributed by atoms with Gasteiger partial charge in [-0.25, -0.2) is 0 Å². The molecule has 0 amide bonds. The van der Waals surface area contributed by atoms with Gasteiger partial charge in [-0.3, -0.25) is 0 Å². The highest BCUT2D eigenvalue weighted by Crippen LogP contribution is 2.42. The third kappa shape index (κ3) is 3.28. The molecule has 0 heterocycles. The highest BCUT2D eigenvalue weighted by atomic mass is 16.5. The zero-order valence-corrected chi connectivity index (χ0v) is 9.05. The molecular formula is C11H22O2. The Morgan fingerprint density at radius 3 is 2.46 bits per heavy atom. The summed E-state index contributed by atoms with van der Waals surface area (Å²) in [6.07, 6.45) is 4.34. The van der Waals surface area contributed by atoms with Crippen LogP contribution in [0.2, 0.25) is 0 Å². The molecule has 0 aromatic heterocycles. The molecule has 2 heteroatoms. The van der Waals surface area contributed by atoms with Gasteiger partial charge < -0.3 is 9.84 Å². The van der Waals surface area contributed by atoms with Gasteiger partial charge in [-0.05, 0) is 37.5 Å². The molecule has 78 valence electrons. The fourth-order valence-corrected chi connectivity index (χ4v) is 1.80. The van der Waals surface area contributed by atoms with Crippen LogP contribution in [0.5, 0.6) is 0 Å². The smallest absolute Gasteiger partial charge is 0.0908 e. The second-order valence-corrected chi connectivity index (χ2v) is 4.74. The van der Waals surface area contributed by atoms with E-state index in [-0.39, 0.29) is 0 Å². The van der Waals surface area contributed by atoms with Gasteiger partial charge in [0.05, 0.1) is 12.2 Å². The fraction of sp³-hybridized carbons (Fsp3) is 1.00. The Morgan fingerprint density at radius 1 is 1.46 bits per heavy atom. The van der Waals surface area contributed by atoms with Crippen molar-refractivity contribution in [1.29, 1.82) is 0 Å². The number of aliphatic hydroxyl groups is 1. The summed E-state index contributed by atoms with van der Waals surface area (Å²) >= 11 is 0. The Labute approximate surface area is 81.3 Å². The number of hydrogen-bond donors (Lipinski definition) is 1. The molecule has 1 saturated carbocycles.